The van der Waals surface area contributed by atoms with Gasteiger partial charge in [-0.2, -0.15) is 13.2 Å². The average molecular weight is 395 g/mol. The molecule has 2 aromatic rings. The summed E-state index contributed by atoms with van der Waals surface area (Å²) in [5, 5.41) is 2.18. The molecule has 0 radical (unpaired) electrons. The van der Waals surface area contributed by atoms with Crippen molar-refractivity contribution in [1.29, 1.82) is 0 Å². The van der Waals surface area contributed by atoms with Crippen molar-refractivity contribution in [2.45, 2.75) is 6.18 Å². The molecule has 1 aliphatic rings. The van der Waals surface area contributed by atoms with Gasteiger partial charge in [0, 0.05) is 31.9 Å². The maximum absolute atomic E-state index is 12.7. The highest BCUT2D eigenvalue weighted by Crippen LogP contribution is 2.30. The minimum Gasteiger partial charge on any atom is -0.459 e. The van der Waals surface area contributed by atoms with Crippen LogP contribution in [0.4, 0.5) is 18.9 Å². The predicted molar refractivity (Wildman–Crippen MR) is 91.3 cm³/mol. The van der Waals surface area contributed by atoms with Gasteiger partial charge in [0.05, 0.1) is 11.8 Å². The highest BCUT2D eigenvalue weighted by molar-refractivity contribution is 6.39. The fraction of sp³-hybridized carbons (Fsp3) is 0.278. The number of furan rings is 1. The van der Waals surface area contributed by atoms with Gasteiger partial charge < -0.3 is 19.5 Å². The summed E-state index contributed by atoms with van der Waals surface area (Å²) in [5.41, 5.74) is -1.05. The number of anilines is 1. The molecule has 0 unspecified atom stereocenters. The van der Waals surface area contributed by atoms with E-state index in [-0.39, 0.29) is 43.5 Å². The van der Waals surface area contributed by atoms with Gasteiger partial charge in [0.15, 0.2) is 5.76 Å². The number of piperazine rings is 1. The lowest BCUT2D eigenvalue weighted by Gasteiger charge is -2.33. The monoisotopic (exact) mass is 395 g/mol. The molecule has 148 valence electrons. The number of nitrogens with zero attached hydrogens (tertiary/aromatic N) is 2. The molecule has 1 N–H and O–H groups in total. The van der Waals surface area contributed by atoms with Gasteiger partial charge in [-0.15, -0.1) is 0 Å². The molecule has 0 atom stereocenters. The number of hydrogen-bond acceptors (Lipinski definition) is 4. The van der Waals surface area contributed by atoms with E-state index in [1.165, 1.54) is 28.2 Å². The number of carbonyl (C=O) groups is 3. The maximum Gasteiger partial charge on any atom is 0.416 e. The zero-order chi connectivity index (χ0) is 20.3. The molecule has 3 amide bonds. The number of halogens is 3. The van der Waals surface area contributed by atoms with Gasteiger partial charge in [-0.25, -0.2) is 0 Å². The largest absolute Gasteiger partial charge is 0.459 e. The molecule has 1 aromatic carbocycles. The molecular weight excluding hydrogens is 379 g/mol. The van der Waals surface area contributed by atoms with Crippen molar-refractivity contribution in [3.63, 3.8) is 0 Å². The first-order chi connectivity index (χ1) is 13.3. The fourth-order valence-electron chi connectivity index (χ4n) is 2.77. The van der Waals surface area contributed by atoms with Crippen LogP contribution in [0.5, 0.6) is 0 Å². The highest BCUT2D eigenvalue weighted by Gasteiger charge is 2.32. The van der Waals surface area contributed by atoms with Gasteiger partial charge in [0.2, 0.25) is 0 Å². The normalized spacial score (nSPS) is 14.7. The highest BCUT2D eigenvalue weighted by atomic mass is 19.4. The lowest BCUT2D eigenvalue weighted by molar-refractivity contribution is -0.144. The standard InChI is InChI=1S/C18H16F3N3O4/c19-18(20,21)12-3-1-4-13(11-12)22-15(25)17(27)24-8-6-23(7-9-24)16(26)14-5-2-10-28-14/h1-5,10-11H,6-9H2,(H,22,25). The van der Waals surface area contributed by atoms with Gasteiger partial charge >= 0.3 is 18.0 Å². The SMILES string of the molecule is O=C(Nc1cccc(C(F)(F)F)c1)C(=O)N1CCN(C(=O)c2ccco2)CC1. The summed E-state index contributed by atoms with van der Waals surface area (Å²) in [7, 11) is 0. The molecule has 0 bridgehead atoms. The van der Waals surface area contributed by atoms with E-state index in [0.717, 1.165) is 18.2 Å². The Morgan fingerprint density at radius 2 is 1.64 bits per heavy atom. The Labute approximate surface area is 157 Å². The topological polar surface area (TPSA) is 82.9 Å². The van der Waals surface area contributed by atoms with E-state index in [0.29, 0.717) is 0 Å². The van der Waals surface area contributed by atoms with Crippen LogP contribution in [0, 0.1) is 0 Å². The molecule has 28 heavy (non-hydrogen) atoms. The molecule has 1 fully saturated rings. The van der Waals surface area contributed by atoms with E-state index in [4.69, 9.17) is 4.42 Å². The van der Waals surface area contributed by atoms with Gasteiger partial charge in [0.1, 0.15) is 0 Å². The van der Waals surface area contributed by atoms with Gasteiger partial charge in [-0.1, -0.05) is 6.07 Å². The number of hydrogen-bond donors (Lipinski definition) is 1. The van der Waals surface area contributed by atoms with Crippen LogP contribution in [0.25, 0.3) is 0 Å². The maximum atomic E-state index is 12.7. The third-order valence-electron chi connectivity index (χ3n) is 4.23. The molecule has 1 aliphatic heterocycles. The number of carbonyl (C=O) groups excluding carboxylic acids is 3. The summed E-state index contributed by atoms with van der Waals surface area (Å²) in [6, 6.07) is 7.15. The van der Waals surface area contributed by atoms with Crippen molar-refractivity contribution in [3.8, 4) is 0 Å². The lowest BCUT2D eigenvalue weighted by atomic mass is 10.2. The van der Waals surface area contributed by atoms with Crippen LogP contribution in [-0.4, -0.2) is 53.7 Å². The lowest BCUT2D eigenvalue weighted by Crippen LogP contribution is -2.52. The molecule has 3 rings (SSSR count). The first-order valence-electron chi connectivity index (χ1n) is 8.36. The Morgan fingerprint density at radius 1 is 0.964 bits per heavy atom. The molecule has 0 spiro atoms. The summed E-state index contributed by atoms with van der Waals surface area (Å²) < 4.78 is 43.2. The minimum absolute atomic E-state index is 0.125. The van der Waals surface area contributed by atoms with Crippen LogP contribution in [0.1, 0.15) is 16.1 Å². The Bertz CT molecular complexity index is 872. The van der Waals surface area contributed by atoms with Crippen LogP contribution in [0.3, 0.4) is 0 Å². The molecule has 7 nitrogen and oxygen atoms in total. The van der Waals surface area contributed by atoms with Crippen molar-refractivity contribution >= 4 is 23.4 Å². The predicted octanol–water partition coefficient (Wildman–Crippen LogP) is 2.22. The van der Waals surface area contributed by atoms with Gasteiger partial charge in [0.25, 0.3) is 5.91 Å². The Balaban J connectivity index is 1.56. The number of benzene rings is 1. The van der Waals surface area contributed by atoms with Crippen LogP contribution in [-0.2, 0) is 15.8 Å². The van der Waals surface area contributed by atoms with Crippen LogP contribution >= 0.6 is 0 Å². The van der Waals surface area contributed by atoms with Crippen molar-refractivity contribution in [1.82, 2.24) is 9.80 Å². The Hall–Kier alpha value is -3.30. The first-order valence-corrected chi connectivity index (χ1v) is 8.36. The van der Waals surface area contributed by atoms with Gasteiger partial charge in [-0.3, -0.25) is 14.4 Å². The average Bonchev–Trinajstić information content (AvgIpc) is 3.21. The third kappa shape index (κ3) is 4.33. The zero-order valence-electron chi connectivity index (χ0n) is 14.5. The van der Waals surface area contributed by atoms with Crippen molar-refractivity contribution in [2.75, 3.05) is 31.5 Å². The molecule has 10 heteroatoms. The number of nitrogens with one attached hydrogen (secondary N) is 1. The second-order valence-corrected chi connectivity index (χ2v) is 6.09. The first kappa shape index (κ1) is 19.5. The molecule has 0 saturated carbocycles. The van der Waals surface area contributed by atoms with Crippen molar-refractivity contribution < 1.29 is 32.0 Å². The van der Waals surface area contributed by atoms with E-state index in [9.17, 15) is 27.6 Å². The summed E-state index contributed by atoms with van der Waals surface area (Å²) in [4.78, 5) is 39.3. The molecule has 2 heterocycles. The van der Waals surface area contributed by atoms with E-state index >= 15 is 0 Å². The number of rotatable bonds is 2. The van der Waals surface area contributed by atoms with Crippen LogP contribution < -0.4 is 5.32 Å². The smallest absolute Gasteiger partial charge is 0.416 e. The second-order valence-electron chi connectivity index (χ2n) is 6.09. The van der Waals surface area contributed by atoms with Crippen molar-refractivity contribution in [3.05, 3.63) is 54.0 Å². The fourth-order valence-corrected chi connectivity index (χ4v) is 2.77. The summed E-state index contributed by atoms with van der Waals surface area (Å²) in [5.74, 6) is -2.04. The van der Waals surface area contributed by atoms with Crippen LogP contribution in [0.15, 0.2) is 47.1 Å². The Kier molecular flexibility index (Phi) is 5.39. The molecule has 1 saturated heterocycles. The molecular formula is C18H16F3N3O4. The molecule has 0 aliphatic carbocycles. The van der Waals surface area contributed by atoms with E-state index in [2.05, 4.69) is 5.32 Å². The second kappa shape index (κ2) is 7.75. The van der Waals surface area contributed by atoms with E-state index in [1.54, 1.807) is 6.07 Å². The summed E-state index contributed by atoms with van der Waals surface area (Å²) >= 11 is 0. The zero-order valence-corrected chi connectivity index (χ0v) is 14.5. The molecule has 1 aromatic heterocycles. The Morgan fingerprint density at radius 3 is 2.25 bits per heavy atom. The van der Waals surface area contributed by atoms with Gasteiger partial charge in [-0.05, 0) is 30.3 Å². The minimum atomic E-state index is -4.55. The van der Waals surface area contributed by atoms with E-state index in [1.807, 2.05) is 0 Å². The third-order valence-corrected chi connectivity index (χ3v) is 4.23. The summed E-state index contributed by atoms with van der Waals surface area (Å²) in [6.07, 6.45) is -3.17. The van der Waals surface area contributed by atoms with Crippen LogP contribution in [0.2, 0.25) is 0 Å². The quantitative estimate of drug-likeness (QED) is 0.791. The number of alkyl halides is 3. The van der Waals surface area contributed by atoms with E-state index < -0.39 is 23.6 Å². The number of amides is 3. The van der Waals surface area contributed by atoms with Crippen molar-refractivity contribution in [2.24, 2.45) is 0 Å². The summed E-state index contributed by atoms with van der Waals surface area (Å²) in [6.45, 7) is 0.673.